The molecule has 0 aliphatic carbocycles. The fourth-order valence-electron chi connectivity index (χ4n) is 1.88. The highest BCUT2D eigenvalue weighted by Crippen LogP contribution is 2.14. The van der Waals surface area contributed by atoms with Crippen LogP contribution in [0.15, 0.2) is 35.5 Å². The number of aliphatic imine (C=N–C) groups is 1. The molecule has 2 rings (SSSR count). The van der Waals surface area contributed by atoms with Crippen LogP contribution in [-0.2, 0) is 13.0 Å². The molecular weight excluding hydrogens is 304 g/mol. The van der Waals surface area contributed by atoms with E-state index in [1.165, 1.54) is 4.88 Å². The van der Waals surface area contributed by atoms with E-state index in [1.807, 2.05) is 30.5 Å². The number of aromatic nitrogens is 1. The van der Waals surface area contributed by atoms with Gasteiger partial charge in [0.2, 0.25) is 0 Å². The number of hydrogen-bond acceptors (Lipinski definition) is 3. The predicted molar refractivity (Wildman–Crippen MR) is 90.2 cm³/mol. The molecule has 0 aliphatic rings. The smallest absolute Gasteiger partial charge is 0.191 e. The third-order valence-corrected chi connectivity index (χ3v) is 4.23. The molecule has 112 valence electrons. The molecule has 2 aromatic rings. The Morgan fingerprint density at radius 2 is 2.14 bits per heavy atom. The molecular formula is C15H19ClN4S. The second kappa shape index (κ2) is 8.00. The quantitative estimate of drug-likeness (QED) is 0.657. The molecule has 0 saturated heterocycles. The first kappa shape index (κ1) is 15.8. The summed E-state index contributed by atoms with van der Waals surface area (Å²) in [5, 5.41) is 8.40. The third-order valence-electron chi connectivity index (χ3n) is 2.94. The van der Waals surface area contributed by atoms with Gasteiger partial charge < -0.3 is 10.6 Å². The predicted octanol–water partition coefficient (Wildman–Crippen LogP) is 3.01. The minimum absolute atomic E-state index is 0.685. The van der Waals surface area contributed by atoms with Gasteiger partial charge in [0.1, 0.15) is 5.01 Å². The van der Waals surface area contributed by atoms with Crippen molar-refractivity contribution in [3.63, 3.8) is 0 Å². The van der Waals surface area contributed by atoms with Crippen molar-refractivity contribution in [2.45, 2.75) is 19.9 Å². The average Bonchev–Trinajstić information content (AvgIpc) is 2.90. The Labute approximate surface area is 134 Å². The molecule has 0 atom stereocenters. The lowest BCUT2D eigenvalue weighted by Crippen LogP contribution is -2.37. The minimum atomic E-state index is 0.685. The lowest BCUT2D eigenvalue weighted by molar-refractivity contribution is 0.792. The van der Waals surface area contributed by atoms with E-state index in [9.17, 15) is 0 Å². The van der Waals surface area contributed by atoms with Gasteiger partial charge in [-0.25, -0.2) is 4.98 Å². The Hall–Kier alpha value is -1.59. The van der Waals surface area contributed by atoms with Crippen LogP contribution in [0.5, 0.6) is 0 Å². The molecule has 0 saturated carbocycles. The molecule has 2 N–H and O–H groups in total. The lowest BCUT2D eigenvalue weighted by Gasteiger charge is -2.11. The van der Waals surface area contributed by atoms with Crippen LogP contribution in [0, 0.1) is 6.92 Å². The van der Waals surface area contributed by atoms with Crippen LogP contribution < -0.4 is 10.6 Å². The van der Waals surface area contributed by atoms with E-state index >= 15 is 0 Å². The molecule has 0 amide bonds. The van der Waals surface area contributed by atoms with Crippen molar-refractivity contribution in [3.05, 3.63) is 50.9 Å². The molecule has 1 aromatic heterocycles. The first-order valence-corrected chi connectivity index (χ1v) is 7.97. The number of halogens is 1. The molecule has 0 fully saturated rings. The summed E-state index contributed by atoms with van der Waals surface area (Å²) in [6.07, 6.45) is 2.74. The van der Waals surface area contributed by atoms with Crippen LogP contribution >= 0.6 is 22.9 Å². The number of rotatable bonds is 5. The van der Waals surface area contributed by atoms with E-state index in [0.717, 1.165) is 34.5 Å². The molecule has 21 heavy (non-hydrogen) atoms. The second-order valence-corrected chi connectivity index (χ2v) is 6.29. The molecule has 6 heteroatoms. The number of benzene rings is 1. The van der Waals surface area contributed by atoms with Crippen LogP contribution in [0.2, 0.25) is 5.02 Å². The summed E-state index contributed by atoms with van der Waals surface area (Å²) in [7, 11) is 1.76. The third kappa shape index (κ3) is 5.02. The topological polar surface area (TPSA) is 49.3 Å². The lowest BCUT2D eigenvalue weighted by atomic mass is 10.1. The molecule has 1 aromatic carbocycles. The van der Waals surface area contributed by atoms with E-state index in [4.69, 9.17) is 11.6 Å². The molecule has 0 bridgehead atoms. The van der Waals surface area contributed by atoms with Gasteiger partial charge in [-0.1, -0.05) is 29.8 Å². The minimum Gasteiger partial charge on any atom is -0.356 e. The van der Waals surface area contributed by atoms with Gasteiger partial charge in [-0.05, 0) is 25.0 Å². The average molecular weight is 323 g/mol. The number of nitrogens with one attached hydrogen (secondary N) is 2. The van der Waals surface area contributed by atoms with Crippen molar-refractivity contribution in [3.8, 4) is 0 Å². The second-order valence-electron chi connectivity index (χ2n) is 4.56. The molecule has 4 nitrogen and oxygen atoms in total. The normalized spacial score (nSPS) is 11.5. The van der Waals surface area contributed by atoms with Gasteiger partial charge in [-0.2, -0.15) is 0 Å². The Morgan fingerprint density at radius 3 is 2.81 bits per heavy atom. The van der Waals surface area contributed by atoms with Crippen molar-refractivity contribution in [1.29, 1.82) is 0 Å². The molecule has 0 spiro atoms. The zero-order valence-corrected chi connectivity index (χ0v) is 13.8. The van der Waals surface area contributed by atoms with E-state index < -0.39 is 0 Å². The van der Waals surface area contributed by atoms with Gasteiger partial charge >= 0.3 is 0 Å². The molecule has 1 heterocycles. The van der Waals surface area contributed by atoms with Crippen molar-refractivity contribution in [1.82, 2.24) is 15.6 Å². The first-order valence-electron chi connectivity index (χ1n) is 6.78. The van der Waals surface area contributed by atoms with E-state index in [2.05, 4.69) is 27.5 Å². The van der Waals surface area contributed by atoms with Gasteiger partial charge in [0, 0.05) is 29.7 Å². The van der Waals surface area contributed by atoms with Crippen LogP contribution in [0.25, 0.3) is 0 Å². The first-order chi connectivity index (χ1) is 10.2. The van der Waals surface area contributed by atoms with Crippen molar-refractivity contribution >= 4 is 28.9 Å². The highest BCUT2D eigenvalue weighted by molar-refractivity contribution is 7.11. The summed E-state index contributed by atoms with van der Waals surface area (Å²) in [6, 6.07) is 7.89. The highest BCUT2D eigenvalue weighted by atomic mass is 35.5. The number of aryl methyl sites for hydroxylation is 1. The zero-order chi connectivity index (χ0) is 15.1. The van der Waals surface area contributed by atoms with E-state index in [0.29, 0.717) is 6.54 Å². The summed E-state index contributed by atoms with van der Waals surface area (Å²) in [5.41, 5.74) is 1.14. The van der Waals surface area contributed by atoms with Crippen LogP contribution in [0.4, 0.5) is 0 Å². The van der Waals surface area contributed by atoms with Crippen LogP contribution in [0.1, 0.15) is 15.4 Å². The van der Waals surface area contributed by atoms with Crippen molar-refractivity contribution in [2.75, 3.05) is 13.6 Å². The molecule has 0 unspecified atom stereocenters. The maximum atomic E-state index is 6.14. The largest absolute Gasteiger partial charge is 0.356 e. The fourth-order valence-corrected chi connectivity index (χ4v) is 2.84. The van der Waals surface area contributed by atoms with E-state index in [-0.39, 0.29) is 0 Å². The highest BCUT2D eigenvalue weighted by Gasteiger charge is 2.02. The van der Waals surface area contributed by atoms with Crippen LogP contribution in [0.3, 0.4) is 0 Å². The Balaban J connectivity index is 1.77. The maximum Gasteiger partial charge on any atom is 0.191 e. The number of nitrogens with zero attached hydrogens (tertiary/aromatic N) is 2. The van der Waals surface area contributed by atoms with Gasteiger partial charge in [0.25, 0.3) is 0 Å². The zero-order valence-electron chi connectivity index (χ0n) is 12.2. The van der Waals surface area contributed by atoms with E-state index in [1.54, 1.807) is 18.4 Å². The van der Waals surface area contributed by atoms with Crippen molar-refractivity contribution in [2.24, 2.45) is 4.99 Å². The standard InChI is InChI=1S/C15H19ClN4S/c1-11-9-19-14(21-11)10-20-15(17-2)18-8-7-12-5-3-4-6-13(12)16/h3-6,9H,7-8,10H2,1-2H3,(H2,17,18,20). The monoisotopic (exact) mass is 322 g/mol. The summed E-state index contributed by atoms with van der Waals surface area (Å²) in [4.78, 5) is 9.74. The Kier molecular flexibility index (Phi) is 6.02. The fraction of sp³-hybridized carbons (Fsp3) is 0.333. The van der Waals surface area contributed by atoms with Gasteiger partial charge in [0.05, 0.1) is 6.54 Å². The molecule has 0 radical (unpaired) electrons. The summed E-state index contributed by atoms with van der Waals surface area (Å²) in [5.74, 6) is 0.773. The maximum absolute atomic E-state index is 6.14. The van der Waals surface area contributed by atoms with Crippen molar-refractivity contribution < 1.29 is 0 Å². The number of guanidine groups is 1. The summed E-state index contributed by atoms with van der Waals surface area (Å²) >= 11 is 7.83. The van der Waals surface area contributed by atoms with Gasteiger partial charge in [-0.15, -0.1) is 11.3 Å². The van der Waals surface area contributed by atoms with Gasteiger partial charge in [-0.3, -0.25) is 4.99 Å². The Bertz CT molecular complexity index is 609. The summed E-state index contributed by atoms with van der Waals surface area (Å²) < 4.78 is 0. The molecule has 0 aliphatic heterocycles. The Morgan fingerprint density at radius 1 is 1.33 bits per heavy atom. The van der Waals surface area contributed by atoms with Crippen LogP contribution in [-0.4, -0.2) is 24.5 Å². The summed E-state index contributed by atoms with van der Waals surface area (Å²) in [6.45, 7) is 3.52. The number of thiazole rings is 1. The SMILES string of the molecule is CN=C(NCCc1ccccc1Cl)NCc1ncc(C)s1. The number of hydrogen-bond donors (Lipinski definition) is 2. The van der Waals surface area contributed by atoms with Gasteiger partial charge in [0.15, 0.2) is 5.96 Å².